The summed E-state index contributed by atoms with van der Waals surface area (Å²) in [4.78, 5) is 12.4. The average molecular weight is 356 g/mol. The van der Waals surface area contributed by atoms with Gasteiger partial charge in [-0.25, -0.2) is 8.42 Å². The fourth-order valence-electron chi connectivity index (χ4n) is 2.48. The number of hydrogen-bond acceptors (Lipinski definition) is 4. The van der Waals surface area contributed by atoms with Crippen molar-refractivity contribution in [1.82, 2.24) is 4.31 Å². The molecule has 0 radical (unpaired) electrons. The molecule has 1 N–H and O–H groups in total. The van der Waals surface area contributed by atoms with Crippen molar-refractivity contribution in [3.05, 3.63) is 18.2 Å². The lowest BCUT2D eigenvalue weighted by Gasteiger charge is -2.20. The maximum absolute atomic E-state index is 12.6. The van der Waals surface area contributed by atoms with Crippen molar-refractivity contribution in [1.29, 1.82) is 0 Å². The summed E-state index contributed by atoms with van der Waals surface area (Å²) < 4.78 is 31.9. The molecule has 24 heavy (non-hydrogen) atoms. The van der Waals surface area contributed by atoms with Gasteiger partial charge in [0, 0.05) is 19.0 Å². The van der Waals surface area contributed by atoms with Crippen molar-refractivity contribution in [3.8, 4) is 5.75 Å². The van der Waals surface area contributed by atoms with Crippen LogP contribution in [0.2, 0.25) is 0 Å². The highest BCUT2D eigenvalue weighted by atomic mass is 32.2. The lowest BCUT2D eigenvalue weighted by Crippen LogP contribution is -2.30. The minimum Gasteiger partial charge on any atom is -0.495 e. The normalized spacial score (nSPS) is 12.9. The number of amides is 1. The van der Waals surface area contributed by atoms with Gasteiger partial charge in [0.05, 0.1) is 17.7 Å². The van der Waals surface area contributed by atoms with Crippen LogP contribution >= 0.6 is 0 Å². The molecule has 0 spiro atoms. The summed E-state index contributed by atoms with van der Waals surface area (Å²) >= 11 is 0. The topological polar surface area (TPSA) is 75.7 Å². The molecule has 0 unspecified atom stereocenters. The molecule has 136 valence electrons. The number of carbonyl (C=O) groups excluding carboxylic acids is 1. The van der Waals surface area contributed by atoms with Crippen molar-refractivity contribution in [2.24, 2.45) is 5.92 Å². The third-order valence-electron chi connectivity index (χ3n) is 3.94. The number of rotatable bonds is 9. The van der Waals surface area contributed by atoms with Crippen LogP contribution in [-0.4, -0.2) is 38.8 Å². The van der Waals surface area contributed by atoms with Gasteiger partial charge in [0.25, 0.3) is 0 Å². The first kappa shape index (κ1) is 20.4. The van der Waals surface area contributed by atoms with Gasteiger partial charge in [0.1, 0.15) is 5.75 Å². The van der Waals surface area contributed by atoms with Crippen LogP contribution in [0.1, 0.15) is 40.5 Å². The van der Waals surface area contributed by atoms with Crippen LogP contribution in [0.5, 0.6) is 5.75 Å². The Morgan fingerprint density at radius 2 is 1.88 bits per heavy atom. The Kier molecular flexibility index (Phi) is 7.69. The monoisotopic (exact) mass is 356 g/mol. The summed E-state index contributed by atoms with van der Waals surface area (Å²) in [5.74, 6) is 0.140. The van der Waals surface area contributed by atoms with Crippen LogP contribution in [0.4, 0.5) is 5.69 Å². The number of sulfonamides is 1. The Morgan fingerprint density at radius 3 is 2.38 bits per heavy atom. The van der Waals surface area contributed by atoms with E-state index in [4.69, 9.17) is 4.74 Å². The SMILES string of the molecule is CCC[C@@H](C)C(=O)Nc1cc(S(=O)(=O)N(CC)CC)ccc1OC. The zero-order valence-electron chi connectivity index (χ0n) is 15.1. The van der Waals surface area contributed by atoms with E-state index in [9.17, 15) is 13.2 Å². The minimum absolute atomic E-state index is 0.144. The Bertz CT molecular complexity index is 655. The third-order valence-corrected chi connectivity index (χ3v) is 5.99. The highest BCUT2D eigenvalue weighted by molar-refractivity contribution is 7.89. The minimum atomic E-state index is -3.59. The molecule has 0 aromatic heterocycles. The van der Waals surface area contributed by atoms with Crippen molar-refractivity contribution < 1.29 is 17.9 Å². The number of benzene rings is 1. The summed E-state index contributed by atoms with van der Waals surface area (Å²) in [5, 5.41) is 2.79. The predicted molar refractivity (Wildman–Crippen MR) is 95.8 cm³/mol. The summed E-state index contributed by atoms with van der Waals surface area (Å²) in [6.45, 7) is 8.23. The standard InChI is InChI=1S/C17H28N2O4S/c1-6-9-13(4)17(20)18-15-12-14(10-11-16(15)23-5)24(21,22)19(7-2)8-3/h10-13H,6-9H2,1-5H3,(H,18,20)/t13-/m1/s1. The van der Waals surface area contributed by atoms with Crippen molar-refractivity contribution in [2.75, 3.05) is 25.5 Å². The highest BCUT2D eigenvalue weighted by Gasteiger charge is 2.23. The van der Waals surface area contributed by atoms with E-state index >= 15 is 0 Å². The first-order chi connectivity index (χ1) is 11.3. The van der Waals surface area contributed by atoms with E-state index in [-0.39, 0.29) is 16.7 Å². The van der Waals surface area contributed by atoms with Gasteiger partial charge < -0.3 is 10.1 Å². The molecule has 7 heteroatoms. The number of nitrogens with one attached hydrogen (secondary N) is 1. The lowest BCUT2D eigenvalue weighted by atomic mass is 10.1. The molecule has 0 saturated carbocycles. The van der Waals surface area contributed by atoms with Crippen LogP contribution in [0.3, 0.4) is 0 Å². The Balaban J connectivity index is 3.19. The molecule has 1 aromatic carbocycles. The first-order valence-corrected chi connectivity index (χ1v) is 9.74. The number of carbonyl (C=O) groups is 1. The first-order valence-electron chi connectivity index (χ1n) is 8.30. The summed E-state index contributed by atoms with van der Waals surface area (Å²) in [6.07, 6.45) is 1.67. The average Bonchev–Trinajstić information content (AvgIpc) is 2.55. The number of nitrogens with zero attached hydrogens (tertiary/aromatic N) is 1. The fourth-order valence-corrected chi connectivity index (χ4v) is 3.96. The number of ether oxygens (including phenoxy) is 1. The van der Waals surface area contributed by atoms with Crippen molar-refractivity contribution >= 4 is 21.6 Å². The Hall–Kier alpha value is -1.60. The van der Waals surface area contributed by atoms with Crippen LogP contribution in [0.25, 0.3) is 0 Å². The molecule has 0 heterocycles. The zero-order chi connectivity index (χ0) is 18.3. The molecular formula is C17H28N2O4S. The van der Waals surface area contributed by atoms with Crippen molar-refractivity contribution in [2.45, 2.75) is 45.4 Å². The molecule has 1 aromatic rings. The number of anilines is 1. The highest BCUT2D eigenvalue weighted by Crippen LogP contribution is 2.29. The van der Waals surface area contributed by atoms with E-state index in [0.717, 1.165) is 12.8 Å². The molecule has 0 aliphatic rings. The Morgan fingerprint density at radius 1 is 1.25 bits per heavy atom. The smallest absolute Gasteiger partial charge is 0.243 e. The molecule has 0 saturated heterocycles. The molecule has 0 bridgehead atoms. The molecule has 0 aliphatic carbocycles. The quantitative estimate of drug-likeness (QED) is 0.738. The number of methoxy groups -OCH3 is 1. The van der Waals surface area contributed by atoms with E-state index in [1.165, 1.54) is 23.5 Å². The molecule has 1 atom stereocenters. The lowest BCUT2D eigenvalue weighted by molar-refractivity contribution is -0.119. The van der Waals surface area contributed by atoms with Gasteiger partial charge >= 0.3 is 0 Å². The third kappa shape index (κ3) is 4.70. The molecule has 0 aliphatic heterocycles. The van der Waals surface area contributed by atoms with Crippen LogP contribution in [0.15, 0.2) is 23.1 Å². The van der Waals surface area contributed by atoms with E-state index < -0.39 is 10.0 Å². The van der Waals surface area contributed by atoms with E-state index in [2.05, 4.69) is 5.32 Å². The molecule has 0 fully saturated rings. The number of hydrogen-bond donors (Lipinski definition) is 1. The predicted octanol–water partition coefficient (Wildman–Crippen LogP) is 3.10. The molecule has 6 nitrogen and oxygen atoms in total. The van der Waals surface area contributed by atoms with Gasteiger partial charge in [-0.3, -0.25) is 4.79 Å². The summed E-state index contributed by atoms with van der Waals surface area (Å²) in [7, 11) is -2.10. The second-order valence-electron chi connectivity index (χ2n) is 5.63. The van der Waals surface area contributed by atoms with Crippen LogP contribution < -0.4 is 10.1 Å². The van der Waals surface area contributed by atoms with E-state index in [0.29, 0.717) is 24.5 Å². The van der Waals surface area contributed by atoms with Crippen molar-refractivity contribution in [3.63, 3.8) is 0 Å². The van der Waals surface area contributed by atoms with Gasteiger partial charge in [-0.15, -0.1) is 0 Å². The van der Waals surface area contributed by atoms with Gasteiger partial charge in [-0.1, -0.05) is 34.1 Å². The van der Waals surface area contributed by atoms with E-state index in [1.807, 2.05) is 13.8 Å². The largest absolute Gasteiger partial charge is 0.495 e. The maximum Gasteiger partial charge on any atom is 0.243 e. The zero-order valence-corrected chi connectivity index (χ0v) is 15.9. The van der Waals surface area contributed by atoms with Gasteiger partial charge in [0.15, 0.2) is 0 Å². The summed E-state index contributed by atoms with van der Waals surface area (Å²) in [5.41, 5.74) is 0.374. The molecular weight excluding hydrogens is 328 g/mol. The molecule has 1 amide bonds. The Labute approximate surface area is 145 Å². The molecule has 1 rings (SSSR count). The van der Waals surface area contributed by atoms with E-state index in [1.54, 1.807) is 19.9 Å². The van der Waals surface area contributed by atoms with Crippen LogP contribution in [-0.2, 0) is 14.8 Å². The van der Waals surface area contributed by atoms with Crippen LogP contribution in [0, 0.1) is 5.92 Å². The van der Waals surface area contributed by atoms with Gasteiger partial charge in [-0.2, -0.15) is 4.31 Å². The summed E-state index contributed by atoms with van der Waals surface area (Å²) in [6, 6.07) is 4.52. The van der Waals surface area contributed by atoms with Gasteiger partial charge in [-0.05, 0) is 24.6 Å². The second kappa shape index (κ2) is 9.03. The maximum atomic E-state index is 12.6. The fraction of sp³-hybridized carbons (Fsp3) is 0.588. The second-order valence-corrected chi connectivity index (χ2v) is 7.57. The van der Waals surface area contributed by atoms with Gasteiger partial charge in [0.2, 0.25) is 15.9 Å².